The Morgan fingerprint density at radius 2 is 1.88 bits per heavy atom. The number of para-hydroxylation sites is 2. The van der Waals surface area contributed by atoms with Gasteiger partial charge in [0.15, 0.2) is 5.78 Å². The number of anilines is 1. The lowest BCUT2D eigenvalue weighted by Crippen LogP contribution is -2.15. The second-order valence-corrected chi connectivity index (χ2v) is 5.09. The number of benzene rings is 2. The van der Waals surface area contributed by atoms with E-state index in [0.29, 0.717) is 18.1 Å². The lowest BCUT2D eigenvalue weighted by atomic mass is 10.1. The van der Waals surface area contributed by atoms with Crippen LogP contribution in [0.15, 0.2) is 48.5 Å². The van der Waals surface area contributed by atoms with Crippen molar-refractivity contribution in [3.05, 3.63) is 59.9 Å². The number of Topliss-reactive ketones (excluding diaryl/α,β-unsaturated/α-hetero) is 1. The first-order chi connectivity index (χ1) is 11.2. The van der Waals surface area contributed by atoms with Gasteiger partial charge in [0.05, 0.1) is 24.2 Å². The number of hydrogen-bond acceptors (Lipinski definition) is 4. The molecule has 0 amide bonds. The summed E-state index contributed by atoms with van der Waals surface area (Å²) in [5.41, 5.74) is 2.03. The Morgan fingerprint density at radius 3 is 2.58 bits per heavy atom. The van der Waals surface area contributed by atoms with E-state index in [4.69, 9.17) is 5.11 Å². The molecule has 0 atom stereocenters. The molecule has 0 fully saturated rings. The van der Waals surface area contributed by atoms with E-state index in [1.54, 1.807) is 4.57 Å². The quantitative estimate of drug-likeness (QED) is 0.631. The molecular formula is C17H17BrFN3O2. The van der Waals surface area contributed by atoms with Crippen LogP contribution in [-0.2, 0) is 6.54 Å². The number of carbonyl (C=O) groups is 1. The van der Waals surface area contributed by atoms with Crippen molar-refractivity contribution in [3.63, 3.8) is 0 Å². The van der Waals surface area contributed by atoms with Crippen LogP contribution in [0.5, 0.6) is 0 Å². The van der Waals surface area contributed by atoms with Crippen LogP contribution in [-0.4, -0.2) is 33.6 Å². The largest absolute Gasteiger partial charge is 0.395 e. The maximum Gasteiger partial charge on any atom is 0.204 e. The molecule has 2 N–H and O–H groups in total. The molecule has 0 spiro atoms. The first kappa shape index (κ1) is 18.1. The average Bonchev–Trinajstić information content (AvgIpc) is 2.91. The van der Waals surface area contributed by atoms with Crippen molar-refractivity contribution in [1.82, 2.24) is 9.55 Å². The lowest BCUT2D eigenvalue weighted by molar-refractivity contribution is 0.0974. The summed E-state index contributed by atoms with van der Waals surface area (Å²) in [5, 5.41) is 12.0. The van der Waals surface area contributed by atoms with Crippen LogP contribution in [0, 0.1) is 5.82 Å². The number of rotatable bonds is 6. The number of nitrogens with one attached hydrogen (secondary N) is 1. The minimum atomic E-state index is -0.375. The molecule has 3 aromatic rings. The zero-order valence-corrected chi connectivity index (χ0v) is 14.5. The van der Waals surface area contributed by atoms with Gasteiger partial charge in [-0.3, -0.25) is 4.79 Å². The van der Waals surface area contributed by atoms with Gasteiger partial charge < -0.3 is 15.0 Å². The summed E-state index contributed by atoms with van der Waals surface area (Å²) in [4.78, 5) is 16.9. The van der Waals surface area contributed by atoms with E-state index in [-0.39, 0.29) is 41.7 Å². The van der Waals surface area contributed by atoms with Crippen LogP contribution in [0.1, 0.15) is 10.4 Å². The third kappa shape index (κ3) is 3.80. The number of carbonyl (C=O) groups excluding carboxylic acids is 1. The molecule has 0 aliphatic rings. The smallest absolute Gasteiger partial charge is 0.204 e. The second kappa shape index (κ2) is 8.03. The molecule has 7 heteroatoms. The minimum absolute atomic E-state index is 0. The fourth-order valence-corrected chi connectivity index (χ4v) is 2.41. The highest BCUT2D eigenvalue weighted by Crippen LogP contribution is 2.20. The molecule has 0 aliphatic carbocycles. The number of aromatic nitrogens is 2. The number of nitrogens with zero attached hydrogens (tertiary/aromatic N) is 2. The molecule has 126 valence electrons. The molecule has 5 nitrogen and oxygen atoms in total. The van der Waals surface area contributed by atoms with E-state index < -0.39 is 0 Å². The third-order valence-electron chi connectivity index (χ3n) is 3.52. The van der Waals surface area contributed by atoms with Crippen molar-refractivity contribution in [2.45, 2.75) is 6.54 Å². The van der Waals surface area contributed by atoms with Gasteiger partial charge in [0.2, 0.25) is 5.95 Å². The molecule has 0 bridgehead atoms. The molecule has 0 radical (unpaired) electrons. The number of fused-ring (bicyclic) bond motifs is 1. The number of halogens is 2. The third-order valence-corrected chi connectivity index (χ3v) is 3.52. The minimum Gasteiger partial charge on any atom is -0.395 e. The number of ketones is 1. The van der Waals surface area contributed by atoms with Gasteiger partial charge in [-0.15, -0.1) is 17.0 Å². The van der Waals surface area contributed by atoms with Gasteiger partial charge in [0, 0.05) is 12.1 Å². The average molecular weight is 394 g/mol. The van der Waals surface area contributed by atoms with E-state index in [9.17, 15) is 9.18 Å². The Bertz CT molecular complexity index is 833. The zero-order chi connectivity index (χ0) is 16.2. The fraction of sp³-hybridized carbons (Fsp3) is 0.176. The summed E-state index contributed by atoms with van der Waals surface area (Å²) in [7, 11) is 0. The molecule has 1 aromatic heterocycles. The predicted molar refractivity (Wildman–Crippen MR) is 96.4 cm³/mol. The molecule has 0 unspecified atom stereocenters. The van der Waals surface area contributed by atoms with E-state index in [1.807, 2.05) is 24.3 Å². The van der Waals surface area contributed by atoms with Crippen LogP contribution in [0.3, 0.4) is 0 Å². The Morgan fingerprint density at radius 1 is 1.17 bits per heavy atom. The van der Waals surface area contributed by atoms with Crippen molar-refractivity contribution in [2.24, 2.45) is 0 Å². The monoisotopic (exact) mass is 393 g/mol. The van der Waals surface area contributed by atoms with Crippen molar-refractivity contribution < 1.29 is 14.3 Å². The van der Waals surface area contributed by atoms with Gasteiger partial charge >= 0.3 is 0 Å². The number of hydrogen-bond donors (Lipinski definition) is 2. The molecular weight excluding hydrogens is 377 g/mol. The van der Waals surface area contributed by atoms with E-state index in [1.165, 1.54) is 24.3 Å². The van der Waals surface area contributed by atoms with Gasteiger partial charge in [-0.1, -0.05) is 12.1 Å². The number of aliphatic hydroxyl groups is 1. The lowest BCUT2D eigenvalue weighted by Gasteiger charge is -2.09. The van der Waals surface area contributed by atoms with Gasteiger partial charge in [0.25, 0.3) is 0 Å². The standard InChI is InChI=1S/C17H16FN3O2.BrH/c18-13-7-5-12(6-8-13)16(23)11-21-15-4-2-1-3-14(15)20-17(21)19-9-10-22;/h1-8,22H,9-11H2,(H,19,20);1H. The molecule has 0 saturated heterocycles. The fourth-order valence-electron chi connectivity index (χ4n) is 2.41. The van der Waals surface area contributed by atoms with Gasteiger partial charge in [0.1, 0.15) is 5.82 Å². The molecule has 24 heavy (non-hydrogen) atoms. The Balaban J connectivity index is 0.00000208. The van der Waals surface area contributed by atoms with Crippen LogP contribution in [0.4, 0.5) is 10.3 Å². The second-order valence-electron chi connectivity index (χ2n) is 5.09. The molecule has 3 rings (SSSR count). The van der Waals surface area contributed by atoms with Crippen molar-refractivity contribution in [2.75, 3.05) is 18.5 Å². The Kier molecular flexibility index (Phi) is 6.05. The Labute approximate surface area is 148 Å². The summed E-state index contributed by atoms with van der Waals surface area (Å²) in [6.07, 6.45) is 0. The highest BCUT2D eigenvalue weighted by atomic mass is 79.9. The van der Waals surface area contributed by atoms with Gasteiger partial charge in [-0.25, -0.2) is 9.37 Å². The van der Waals surface area contributed by atoms with Crippen molar-refractivity contribution in [1.29, 1.82) is 0 Å². The summed E-state index contributed by atoms with van der Waals surface area (Å²) < 4.78 is 14.7. The first-order valence-corrected chi connectivity index (χ1v) is 7.28. The van der Waals surface area contributed by atoms with Crippen LogP contribution >= 0.6 is 17.0 Å². The van der Waals surface area contributed by atoms with E-state index in [0.717, 1.165) is 11.0 Å². The number of imidazole rings is 1. The molecule has 0 saturated carbocycles. The maximum atomic E-state index is 13.0. The number of aliphatic hydroxyl groups excluding tert-OH is 1. The van der Waals surface area contributed by atoms with Crippen LogP contribution in [0.25, 0.3) is 11.0 Å². The summed E-state index contributed by atoms with van der Waals surface area (Å²) in [5.74, 6) is 0.0100. The highest BCUT2D eigenvalue weighted by Gasteiger charge is 2.14. The van der Waals surface area contributed by atoms with Gasteiger partial charge in [-0.05, 0) is 36.4 Å². The van der Waals surface area contributed by atoms with Gasteiger partial charge in [-0.2, -0.15) is 0 Å². The Hall–Kier alpha value is -2.25. The van der Waals surface area contributed by atoms with Crippen LogP contribution in [0.2, 0.25) is 0 Å². The van der Waals surface area contributed by atoms with E-state index in [2.05, 4.69) is 10.3 Å². The summed E-state index contributed by atoms with van der Waals surface area (Å²) in [6, 6.07) is 13.0. The molecule has 1 heterocycles. The maximum absolute atomic E-state index is 13.0. The van der Waals surface area contributed by atoms with Crippen molar-refractivity contribution in [3.8, 4) is 0 Å². The molecule has 0 aliphatic heterocycles. The summed E-state index contributed by atoms with van der Waals surface area (Å²) >= 11 is 0. The normalized spacial score (nSPS) is 10.4. The van der Waals surface area contributed by atoms with Crippen LogP contribution < -0.4 is 5.32 Å². The topological polar surface area (TPSA) is 67.2 Å². The molecule has 2 aromatic carbocycles. The van der Waals surface area contributed by atoms with E-state index >= 15 is 0 Å². The predicted octanol–water partition coefficient (Wildman–Crippen LogP) is 3.04. The summed E-state index contributed by atoms with van der Waals surface area (Å²) in [6.45, 7) is 0.392. The van der Waals surface area contributed by atoms with Crippen molar-refractivity contribution >= 4 is 39.7 Å². The SMILES string of the molecule is Br.O=C(Cn1c(NCCO)nc2ccccc21)c1ccc(F)cc1. The zero-order valence-electron chi connectivity index (χ0n) is 12.8. The first-order valence-electron chi connectivity index (χ1n) is 7.28. The highest BCUT2D eigenvalue weighted by molar-refractivity contribution is 8.93.